The van der Waals surface area contributed by atoms with Crippen molar-refractivity contribution in [1.29, 1.82) is 0 Å². The van der Waals surface area contributed by atoms with Crippen LogP contribution in [0.15, 0.2) is 59.3 Å². The highest BCUT2D eigenvalue weighted by atomic mass is 33.1. The molecule has 10 nitrogen and oxygen atoms in total. The molecule has 2 saturated carbocycles. The van der Waals surface area contributed by atoms with Crippen molar-refractivity contribution in [2.75, 3.05) is 25.2 Å². The third-order valence-corrected chi connectivity index (χ3v) is 18.1. The number of nitrogens with one attached hydrogen (secondary N) is 2. The van der Waals surface area contributed by atoms with Crippen LogP contribution in [-0.2, 0) is 27.8 Å². The number of carbonyl (C=O) groups excluding carboxylic acids is 1. The summed E-state index contributed by atoms with van der Waals surface area (Å²) in [7, 11) is 5.46. The number of phenols is 2. The van der Waals surface area contributed by atoms with Gasteiger partial charge in [0.25, 0.3) is 0 Å². The van der Waals surface area contributed by atoms with Crippen molar-refractivity contribution in [3.05, 3.63) is 92.7 Å². The van der Waals surface area contributed by atoms with Crippen molar-refractivity contribution in [3.8, 4) is 51.7 Å². The van der Waals surface area contributed by atoms with Crippen molar-refractivity contribution >= 4 is 33.6 Å². The minimum atomic E-state index is -0.613. The lowest BCUT2D eigenvalue weighted by atomic mass is 9.65. The number of aromatic hydroxyl groups is 2. The monoisotopic (exact) mass is 913 g/mol. The first-order valence-corrected chi connectivity index (χ1v) is 26.1. The van der Waals surface area contributed by atoms with Gasteiger partial charge in [-0.3, -0.25) is 4.79 Å². The molecule has 1 spiro atoms. The molecular weight excluding hydrogens is 855 g/mol. The van der Waals surface area contributed by atoms with E-state index in [1.165, 1.54) is 25.3 Å². The molecule has 0 radical (unpaired) electrons. The van der Waals surface area contributed by atoms with E-state index in [0.717, 1.165) is 118 Å². The predicted molar refractivity (Wildman–Crippen MR) is 257 cm³/mol. The Morgan fingerprint density at radius 1 is 1.06 bits per heavy atom. The number of phenolic OH excluding ortho intramolecular Hbond substituents is 2. The Morgan fingerprint density at radius 2 is 1.94 bits per heavy atom. The number of hydrogen-bond donors (Lipinski definition) is 5. The topological polar surface area (TPSA) is 145 Å². The molecule has 340 valence electrons. The summed E-state index contributed by atoms with van der Waals surface area (Å²) in [4.78, 5) is 12.7. The van der Waals surface area contributed by atoms with Crippen LogP contribution < -0.4 is 30.6 Å². The minimum absolute atomic E-state index is 0.0668. The molecule has 8 aliphatic rings. The van der Waals surface area contributed by atoms with Gasteiger partial charge in [0.1, 0.15) is 36.1 Å². The fourth-order valence-electron chi connectivity index (χ4n) is 12.6. The highest BCUT2D eigenvalue weighted by Crippen LogP contribution is 2.63. The highest BCUT2D eigenvalue weighted by molar-refractivity contribution is 8.76. The van der Waals surface area contributed by atoms with Crippen LogP contribution >= 0.6 is 21.6 Å². The van der Waals surface area contributed by atoms with E-state index < -0.39 is 6.10 Å². The van der Waals surface area contributed by atoms with Crippen LogP contribution in [0.1, 0.15) is 117 Å². The zero-order chi connectivity index (χ0) is 44.6. The van der Waals surface area contributed by atoms with E-state index in [2.05, 4.69) is 59.8 Å². The first kappa shape index (κ1) is 42.9. The quantitative estimate of drug-likeness (QED) is 0.0967. The first-order chi connectivity index (χ1) is 31.6. The zero-order valence-corrected chi connectivity index (χ0v) is 39.1. The number of nitrogens with two attached hydrogens (primary N) is 1. The molecule has 6 N–H and O–H groups in total. The van der Waals surface area contributed by atoms with Gasteiger partial charge >= 0.3 is 5.97 Å². The lowest BCUT2D eigenvalue weighted by Crippen LogP contribution is -2.49. The summed E-state index contributed by atoms with van der Waals surface area (Å²) in [5.74, 6) is 11.4. The molecule has 3 aromatic carbocycles. The van der Waals surface area contributed by atoms with E-state index in [4.69, 9.17) is 24.7 Å². The van der Waals surface area contributed by atoms with Crippen molar-refractivity contribution in [2.24, 2.45) is 17.6 Å². The lowest BCUT2D eigenvalue weighted by Gasteiger charge is -2.39. The number of hydrogen-bond acceptors (Lipinski definition) is 12. The number of dihydropyridines is 1. The minimum Gasteiger partial charge on any atom is -0.508 e. The van der Waals surface area contributed by atoms with Crippen LogP contribution in [0, 0.1) is 23.7 Å². The predicted octanol–water partition coefficient (Wildman–Crippen LogP) is 9.26. The molecule has 65 heavy (non-hydrogen) atoms. The van der Waals surface area contributed by atoms with E-state index in [-0.39, 0.29) is 53.7 Å². The van der Waals surface area contributed by atoms with Crippen LogP contribution in [0.5, 0.6) is 28.7 Å². The normalized spacial score (nSPS) is 30.6. The molecule has 6 bridgehead atoms. The molecule has 9 unspecified atom stereocenters. The fraction of sp³-hybridized carbons (Fsp3) is 0.491. The fourth-order valence-corrected chi connectivity index (χ4v) is 15.3. The molecular formula is C53H59N3O7S2. The summed E-state index contributed by atoms with van der Waals surface area (Å²) in [5, 5.41) is 30.7. The molecule has 3 aliphatic carbocycles. The van der Waals surface area contributed by atoms with E-state index in [0.29, 0.717) is 42.2 Å². The lowest BCUT2D eigenvalue weighted by molar-refractivity contribution is -0.141. The third kappa shape index (κ3) is 7.68. The second-order valence-electron chi connectivity index (χ2n) is 19.6. The molecule has 3 aromatic rings. The molecule has 5 heterocycles. The van der Waals surface area contributed by atoms with Crippen molar-refractivity contribution < 1.29 is 34.0 Å². The smallest absolute Gasteiger partial charge is 0.302 e. The summed E-state index contributed by atoms with van der Waals surface area (Å²) in [6, 6.07) is 10.1. The third-order valence-electron chi connectivity index (χ3n) is 15.6. The van der Waals surface area contributed by atoms with Gasteiger partial charge in [0.05, 0.1) is 30.9 Å². The summed E-state index contributed by atoms with van der Waals surface area (Å²) >= 11 is 0. The van der Waals surface area contributed by atoms with Crippen LogP contribution in [0.2, 0.25) is 0 Å². The van der Waals surface area contributed by atoms with Gasteiger partial charge in [-0.15, -0.1) is 0 Å². The Balaban J connectivity index is 1.13. The SMILES string of the molecule is CCC1=CC2=C(C#CCc3cc(O)c4c(c3C3Oc5c(ccc6c5C5(CCC(C2)C5)Cc2cc(O)cc(OC)c2-6)C3COC(C)=O)C=CC2NC3CCCC(CSSCC2O4)C3)NC1N. The number of benzene rings is 3. The highest BCUT2D eigenvalue weighted by Gasteiger charge is 2.51. The van der Waals surface area contributed by atoms with Crippen LogP contribution in [0.3, 0.4) is 0 Å². The maximum absolute atomic E-state index is 12.7. The second-order valence-corrected chi connectivity index (χ2v) is 22.1. The van der Waals surface area contributed by atoms with Crippen LogP contribution in [0.25, 0.3) is 17.2 Å². The Labute approximate surface area is 389 Å². The molecule has 5 aliphatic heterocycles. The van der Waals surface area contributed by atoms with Gasteiger partial charge in [-0.25, -0.2) is 0 Å². The van der Waals surface area contributed by atoms with E-state index in [9.17, 15) is 15.0 Å². The van der Waals surface area contributed by atoms with E-state index in [1.54, 1.807) is 13.2 Å². The largest absolute Gasteiger partial charge is 0.508 e. The Kier molecular flexibility index (Phi) is 11.4. The summed E-state index contributed by atoms with van der Waals surface area (Å²) in [6.07, 6.45) is 15.8. The average Bonchev–Trinajstić information content (AvgIpc) is 3.80. The van der Waals surface area contributed by atoms with E-state index >= 15 is 0 Å². The van der Waals surface area contributed by atoms with Gasteiger partial charge in [0.15, 0.2) is 11.5 Å². The number of fused-ring (bicyclic) bond motifs is 11. The summed E-state index contributed by atoms with van der Waals surface area (Å²) in [5.41, 5.74) is 17.3. The van der Waals surface area contributed by atoms with Crippen molar-refractivity contribution in [1.82, 2.24) is 10.6 Å². The number of rotatable bonds is 4. The van der Waals surface area contributed by atoms with Gasteiger partial charge < -0.3 is 45.5 Å². The summed E-state index contributed by atoms with van der Waals surface area (Å²) in [6.45, 7) is 3.71. The molecule has 0 amide bonds. The molecule has 3 fully saturated rings. The standard InChI is InChI=1S/C53H59N3O7S2/c1-4-31-19-33-17-29-15-16-53(23-29)24-34-20-36(58)22-44(60-3)46(34)38-12-11-37-40(25-61-28(2)57)50(63-51(37)48(38)53)47-32(8-6-10-41(33)56-52(31)54)21-43(59)49-39(47)13-14-42-45(62-49)27-65-64-26-30-7-5-9-35(18-30)55-42/h11-14,19-22,29-30,35,40,42,45,50,52,55-56,58-59H,4-5,7-9,15-18,23-27,54H2,1-3H3. The molecule has 11 rings (SSSR count). The zero-order valence-electron chi connectivity index (χ0n) is 37.5. The number of ether oxygens (including phenoxy) is 4. The molecule has 9 atom stereocenters. The number of allylic oxidation sites excluding steroid dienone is 3. The maximum atomic E-state index is 12.7. The van der Waals surface area contributed by atoms with Gasteiger partial charge in [0.2, 0.25) is 0 Å². The Bertz CT molecular complexity index is 2610. The van der Waals surface area contributed by atoms with Gasteiger partial charge in [-0.1, -0.05) is 71.2 Å². The van der Waals surface area contributed by atoms with Gasteiger partial charge in [-0.05, 0) is 116 Å². The van der Waals surface area contributed by atoms with Crippen LogP contribution in [0.4, 0.5) is 0 Å². The number of esters is 1. The van der Waals surface area contributed by atoms with Gasteiger partial charge in [0, 0.05) is 70.2 Å². The van der Waals surface area contributed by atoms with Gasteiger partial charge in [-0.2, -0.15) is 0 Å². The number of methoxy groups -OCH3 is 1. The molecule has 0 aromatic heterocycles. The van der Waals surface area contributed by atoms with E-state index in [1.807, 2.05) is 33.7 Å². The molecule has 12 heteroatoms. The average molecular weight is 914 g/mol. The summed E-state index contributed by atoms with van der Waals surface area (Å²) < 4.78 is 26.7. The van der Waals surface area contributed by atoms with Crippen molar-refractivity contribution in [2.45, 2.75) is 126 Å². The Hall–Kier alpha value is -4.67. The number of carbonyl (C=O) groups is 1. The molecule has 1 saturated heterocycles. The van der Waals surface area contributed by atoms with Crippen LogP contribution in [-0.4, -0.2) is 65.8 Å². The Morgan fingerprint density at radius 3 is 2.78 bits per heavy atom. The first-order valence-electron chi connectivity index (χ1n) is 23.7. The second kappa shape index (κ2) is 17.2. The van der Waals surface area contributed by atoms with Crippen molar-refractivity contribution in [3.63, 3.8) is 0 Å². The maximum Gasteiger partial charge on any atom is 0.302 e.